The zero-order valence-electron chi connectivity index (χ0n) is 10.8. The summed E-state index contributed by atoms with van der Waals surface area (Å²) in [5, 5.41) is 0.656. The lowest BCUT2D eigenvalue weighted by Gasteiger charge is -2.42. The molecule has 2 heteroatoms. The van der Waals surface area contributed by atoms with Crippen molar-refractivity contribution in [3.05, 3.63) is 59.8 Å². The van der Waals surface area contributed by atoms with E-state index in [9.17, 15) is 0 Å². The third-order valence-electron chi connectivity index (χ3n) is 4.66. The molecule has 0 radical (unpaired) electrons. The molecule has 0 amide bonds. The Hall–Kier alpha value is -1.28. The Morgan fingerprint density at radius 1 is 1.21 bits per heavy atom. The Balaban J connectivity index is 1.81. The third-order valence-corrected chi connectivity index (χ3v) is 6.20. The van der Waals surface area contributed by atoms with Crippen molar-refractivity contribution in [3.63, 3.8) is 0 Å². The molecule has 4 rings (SSSR count). The van der Waals surface area contributed by atoms with Gasteiger partial charge in [-0.2, -0.15) is 11.8 Å². The molecule has 96 valence electrons. The van der Waals surface area contributed by atoms with Crippen LogP contribution in [0.3, 0.4) is 0 Å². The summed E-state index contributed by atoms with van der Waals surface area (Å²) in [7, 11) is 0. The first kappa shape index (κ1) is 11.5. The van der Waals surface area contributed by atoms with E-state index < -0.39 is 0 Å². The van der Waals surface area contributed by atoms with Crippen molar-refractivity contribution in [2.24, 2.45) is 10.4 Å². The van der Waals surface area contributed by atoms with Gasteiger partial charge in [-0.05, 0) is 30.2 Å². The van der Waals surface area contributed by atoms with Gasteiger partial charge in [-0.3, -0.25) is 4.99 Å². The van der Waals surface area contributed by atoms with E-state index in [1.807, 2.05) is 0 Å². The second kappa shape index (κ2) is 4.38. The fourth-order valence-corrected chi connectivity index (χ4v) is 5.49. The molecule has 1 nitrogen and oxygen atoms in total. The highest BCUT2D eigenvalue weighted by atomic mass is 32.2. The van der Waals surface area contributed by atoms with E-state index in [-0.39, 0.29) is 0 Å². The van der Waals surface area contributed by atoms with Crippen molar-refractivity contribution >= 4 is 18.0 Å². The normalized spacial score (nSPS) is 35.7. The second-order valence-electron chi connectivity index (χ2n) is 5.60. The fraction of sp³-hybridized carbons (Fsp3) is 0.353. The van der Waals surface area contributed by atoms with Gasteiger partial charge in [0.15, 0.2) is 0 Å². The first-order valence-corrected chi connectivity index (χ1v) is 8.03. The first-order valence-electron chi connectivity index (χ1n) is 6.98. The molecule has 0 bridgehead atoms. The quantitative estimate of drug-likeness (QED) is 0.743. The lowest BCUT2D eigenvalue weighted by Crippen LogP contribution is -2.39. The minimum absolute atomic E-state index is 0.300. The summed E-state index contributed by atoms with van der Waals surface area (Å²) in [6, 6.07) is 10.9. The molecule has 3 aliphatic rings. The first-order chi connectivity index (χ1) is 9.40. The molecule has 0 saturated carbocycles. The Morgan fingerprint density at radius 3 is 3.00 bits per heavy atom. The molecule has 2 aliphatic heterocycles. The van der Waals surface area contributed by atoms with Gasteiger partial charge < -0.3 is 0 Å². The Labute approximate surface area is 118 Å². The summed E-state index contributed by atoms with van der Waals surface area (Å²) in [5.41, 5.74) is 3.03. The number of rotatable bonds is 1. The van der Waals surface area contributed by atoms with Crippen LogP contribution in [0.25, 0.3) is 0 Å². The number of thioether (sulfide) groups is 1. The number of hydrogen-bond acceptors (Lipinski definition) is 2. The minimum atomic E-state index is 0.300. The number of nitrogens with zero attached hydrogens (tertiary/aromatic N) is 1. The van der Waals surface area contributed by atoms with Crippen LogP contribution < -0.4 is 0 Å². The maximum atomic E-state index is 4.81. The van der Waals surface area contributed by atoms with Crippen molar-refractivity contribution < 1.29 is 0 Å². The molecule has 19 heavy (non-hydrogen) atoms. The van der Waals surface area contributed by atoms with Crippen LogP contribution in [0.4, 0.5) is 0 Å². The zero-order chi connectivity index (χ0) is 12.7. The summed E-state index contributed by atoms with van der Waals surface area (Å²) >= 11 is 2.14. The van der Waals surface area contributed by atoms with E-state index in [0.29, 0.717) is 16.6 Å². The molecule has 1 spiro atoms. The minimum Gasteiger partial charge on any atom is -0.264 e. The molecule has 3 atom stereocenters. The highest BCUT2D eigenvalue weighted by molar-refractivity contribution is 8.00. The lowest BCUT2D eigenvalue weighted by molar-refractivity contribution is 0.327. The SMILES string of the molecule is C1=CCC23CCSC2C(c2ccccc2)C=NC3=C1. The average Bonchev–Trinajstić information content (AvgIpc) is 2.90. The van der Waals surface area contributed by atoms with E-state index in [1.54, 1.807) is 0 Å². The van der Waals surface area contributed by atoms with E-state index >= 15 is 0 Å². The molecule has 1 aromatic carbocycles. The monoisotopic (exact) mass is 267 g/mol. The molecular formula is C17H17NS. The standard InChI is InChI=1S/C17H17NS/c1-2-6-13(7-3-1)14-12-18-15-8-4-5-9-17(15)10-11-19-16(14)17/h1-8,12,14,16H,9-11H2. The predicted molar refractivity (Wildman–Crippen MR) is 82.8 cm³/mol. The summed E-state index contributed by atoms with van der Waals surface area (Å²) < 4.78 is 0. The van der Waals surface area contributed by atoms with Crippen LogP contribution in [0.1, 0.15) is 24.3 Å². The van der Waals surface area contributed by atoms with Crippen molar-refractivity contribution in [2.75, 3.05) is 5.75 Å². The number of hydrogen-bond donors (Lipinski definition) is 0. The number of aliphatic imine (C=N–C) groups is 1. The number of benzene rings is 1. The van der Waals surface area contributed by atoms with Gasteiger partial charge >= 0.3 is 0 Å². The van der Waals surface area contributed by atoms with Gasteiger partial charge in [0.2, 0.25) is 0 Å². The van der Waals surface area contributed by atoms with Crippen LogP contribution >= 0.6 is 11.8 Å². The average molecular weight is 267 g/mol. The Kier molecular flexibility index (Phi) is 2.66. The smallest absolute Gasteiger partial charge is 0.0476 e. The summed E-state index contributed by atoms with van der Waals surface area (Å²) in [6.07, 6.45) is 11.3. The van der Waals surface area contributed by atoms with Crippen LogP contribution in [-0.2, 0) is 0 Å². The summed E-state index contributed by atoms with van der Waals surface area (Å²) in [4.78, 5) is 4.81. The molecule has 3 unspecified atom stereocenters. The van der Waals surface area contributed by atoms with Crippen molar-refractivity contribution in [1.82, 2.24) is 0 Å². The van der Waals surface area contributed by atoms with E-state index in [0.717, 1.165) is 6.42 Å². The molecule has 0 aromatic heterocycles. The molecule has 1 aliphatic carbocycles. The van der Waals surface area contributed by atoms with Gasteiger partial charge in [0.1, 0.15) is 0 Å². The van der Waals surface area contributed by atoms with E-state index in [2.05, 4.69) is 66.5 Å². The van der Waals surface area contributed by atoms with Crippen LogP contribution in [0.15, 0.2) is 59.2 Å². The molecule has 1 aromatic rings. The van der Waals surface area contributed by atoms with Gasteiger partial charge in [-0.15, -0.1) is 0 Å². The van der Waals surface area contributed by atoms with E-state index in [1.165, 1.54) is 23.4 Å². The van der Waals surface area contributed by atoms with Crippen molar-refractivity contribution in [3.8, 4) is 0 Å². The summed E-state index contributed by atoms with van der Waals surface area (Å²) in [6.45, 7) is 0. The van der Waals surface area contributed by atoms with E-state index in [4.69, 9.17) is 4.99 Å². The molecule has 1 saturated heterocycles. The van der Waals surface area contributed by atoms with Crippen LogP contribution in [-0.4, -0.2) is 17.2 Å². The number of allylic oxidation sites excluding steroid dienone is 4. The van der Waals surface area contributed by atoms with Gasteiger partial charge in [-0.1, -0.05) is 42.5 Å². The summed E-state index contributed by atoms with van der Waals surface area (Å²) in [5.74, 6) is 1.74. The molecule has 2 heterocycles. The van der Waals surface area contributed by atoms with Crippen molar-refractivity contribution in [2.45, 2.75) is 24.0 Å². The van der Waals surface area contributed by atoms with Gasteiger partial charge in [-0.25, -0.2) is 0 Å². The molecule has 1 fully saturated rings. The fourth-order valence-electron chi connectivity index (χ4n) is 3.66. The van der Waals surface area contributed by atoms with Crippen LogP contribution in [0, 0.1) is 5.41 Å². The Bertz CT molecular complexity index is 572. The lowest BCUT2D eigenvalue weighted by atomic mass is 9.67. The highest BCUT2D eigenvalue weighted by Crippen LogP contribution is 2.58. The second-order valence-corrected chi connectivity index (χ2v) is 6.85. The van der Waals surface area contributed by atoms with Gasteiger partial charge in [0.05, 0.1) is 0 Å². The third kappa shape index (κ3) is 1.66. The highest BCUT2D eigenvalue weighted by Gasteiger charge is 2.51. The molecular weight excluding hydrogens is 250 g/mol. The maximum absolute atomic E-state index is 4.81. The molecule has 0 N–H and O–H groups in total. The van der Waals surface area contributed by atoms with Gasteiger partial charge in [0, 0.05) is 28.5 Å². The van der Waals surface area contributed by atoms with Crippen LogP contribution in [0.5, 0.6) is 0 Å². The predicted octanol–water partition coefficient (Wildman–Crippen LogP) is 4.19. The zero-order valence-corrected chi connectivity index (χ0v) is 11.6. The van der Waals surface area contributed by atoms with Crippen molar-refractivity contribution in [1.29, 1.82) is 0 Å². The Morgan fingerprint density at radius 2 is 2.11 bits per heavy atom. The topological polar surface area (TPSA) is 12.4 Å². The van der Waals surface area contributed by atoms with Gasteiger partial charge in [0.25, 0.3) is 0 Å². The largest absolute Gasteiger partial charge is 0.264 e. The maximum Gasteiger partial charge on any atom is 0.0476 e. The van der Waals surface area contributed by atoms with Crippen LogP contribution in [0.2, 0.25) is 0 Å².